The van der Waals surface area contributed by atoms with Crippen molar-refractivity contribution in [1.29, 1.82) is 0 Å². The van der Waals surface area contributed by atoms with E-state index in [-0.39, 0.29) is 0 Å². The van der Waals surface area contributed by atoms with Crippen LogP contribution in [0.15, 0.2) is 122 Å². The molecule has 152 valence electrons. The summed E-state index contributed by atoms with van der Waals surface area (Å²) in [7, 11) is 0. The summed E-state index contributed by atoms with van der Waals surface area (Å²) in [6, 6.07) is 8.98. The van der Waals surface area contributed by atoms with Crippen LogP contribution < -0.4 is 0 Å². The molecule has 3 atom stereocenters. The average molecular weight is 419 g/mol. The molecule has 0 saturated heterocycles. The van der Waals surface area contributed by atoms with Gasteiger partial charge >= 0.3 is 0 Å². The van der Waals surface area contributed by atoms with Gasteiger partial charge in [-0.3, -0.25) is 0 Å². The van der Waals surface area contributed by atoms with Crippen molar-refractivity contribution >= 4 is 11.8 Å². The summed E-state index contributed by atoms with van der Waals surface area (Å²) >= 11 is 1.97. The maximum atomic E-state index is 2.57. The van der Waals surface area contributed by atoms with E-state index in [0.29, 0.717) is 17.8 Å². The summed E-state index contributed by atoms with van der Waals surface area (Å²) in [5, 5.41) is 0. The molecule has 0 amide bonds. The quantitative estimate of drug-likeness (QED) is 0.444. The molecule has 6 aliphatic rings. The van der Waals surface area contributed by atoms with Crippen LogP contribution in [-0.2, 0) is 0 Å². The molecule has 1 heteroatoms. The Kier molecular flexibility index (Phi) is 4.09. The lowest BCUT2D eigenvalue weighted by Crippen LogP contribution is -2.24. The summed E-state index contributed by atoms with van der Waals surface area (Å²) in [6.45, 7) is 0. The second-order valence-electron chi connectivity index (χ2n) is 9.50. The topological polar surface area (TPSA) is 0 Å². The molecule has 0 N–H and O–H groups in total. The summed E-state index contributed by atoms with van der Waals surface area (Å²) in [5.74, 6) is 1.59. The van der Waals surface area contributed by atoms with Crippen molar-refractivity contribution in [2.45, 2.75) is 42.9 Å². The van der Waals surface area contributed by atoms with E-state index in [1.165, 1.54) is 41.0 Å². The van der Waals surface area contributed by atoms with E-state index in [1.54, 1.807) is 33.4 Å². The van der Waals surface area contributed by atoms with Gasteiger partial charge in [0.15, 0.2) is 0 Å². The fraction of sp³-hybridized carbons (Fsp3) is 0.267. The highest BCUT2D eigenvalue weighted by atomic mass is 32.2. The van der Waals surface area contributed by atoms with Gasteiger partial charge in [-0.05, 0) is 82.1 Å². The standard InChI is InChI=1S/C30H26S/c1-2-6-23-19(5-1)11-15-25-24(23)14-12-20-9-10-21(17-27(20)25)22-13-16-30-28(18-22)26-7-3-4-8-29(26)31-30/h2-4,6-8,11-17,24-25,28H,1,5,9-10,18H2. The Morgan fingerprint density at radius 1 is 0.774 bits per heavy atom. The molecule has 0 bridgehead atoms. The van der Waals surface area contributed by atoms with Crippen molar-refractivity contribution in [2.24, 2.45) is 11.8 Å². The maximum absolute atomic E-state index is 2.57. The van der Waals surface area contributed by atoms with Gasteiger partial charge in [-0.15, -0.1) is 0 Å². The van der Waals surface area contributed by atoms with Gasteiger partial charge in [0.1, 0.15) is 0 Å². The Bertz CT molecular complexity index is 1240. The first-order valence-corrected chi connectivity index (χ1v) is 12.5. The fourth-order valence-electron chi connectivity index (χ4n) is 6.27. The number of hydrogen-bond donors (Lipinski definition) is 0. The van der Waals surface area contributed by atoms with Crippen molar-refractivity contribution < 1.29 is 0 Å². The number of benzene rings is 1. The molecule has 5 aliphatic carbocycles. The molecule has 0 fully saturated rings. The number of thioether (sulfide) groups is 1. The summed E-state index contributed by atoms with van der Waals surface area (Å²) < 4.78 is 0. The molecular formula is C30H26S. The van der Waals surface area contributed by atoms with Crippen LogP contribution in [0.25, 0.3) is 0 Å². The van der Waals surface area contributed by atoms with Gasteiger partial charge in [0.25, 0.3) is 0 Å². The minimum Gasteiger partial charge on any atom is -0.0936 e. The SMILES string of the molecule is C1=CC2=C(C=CC3C4=C(C=CC23)CCC(C2=CC=C3Sc5ccccc5C3C2)=C4)CC1. The van der Waals surface area contributed by atoms with Crippen LogP contribution in [-0.4, -0.2) is 0 Å². The molecule has 0 aromatic heterocycles. The first kappa shape index (κ1) is 18.1. The van der Waals surface area contributed by atoms with E-state index in [4.69, 9.17) is 0 Å². The van der Waals surface area contributed by atoms with E-state index in [2.05, 4.69) is 78.9 Å². The average Bonchev–Trinajstić information content (AvgIpc) is 3.21. The van der Waals surface area contributed by atoms with Crippen LogP contribution >= 0.6 is 11.8 Å². The fourth-order valence-corrected chi connectivity index (χ4v) is 7.49. The van der Waals surface area contributed by atoms with Crippen LogP contribution in [0.4, 0.5) is 0 Å². The zero-order chi connectivity index (χ0) is 20.4. The Morgan fingerprint density at radius 3 is 2.55 bits per heavy atom. The normalized spacial score (nSPS) is 30.1. The zero-order valence-electron chi connectivity index (χ0n) is 17.7. The first-order chi connectivity index (χ1) is 15.3. The summed E-state index contributed by atoms with van der Waals surface area (Å²) in [5.41, 5.74) is 10.9. The molecule has 0 spiro atoms. The second kappa shape index (κ2) is 7.00. The van der Waals surface area contributed by atoms with Gasteiger partial charge in [-0.2, -0.15) is 0 Å². The molecule has 0 nitrogen and oxygen atoms in total. The number of fused-ring (bicyclic) bond motifs is 6. The molecule has 1 aromatic rings. The largest absolute Gasteiger partial charge is 0.0936 e. The number of rotatable bonds is 1. The lowest BCUT2D eigenvalue weighted by molar-refractivity contribution is 0.585. The van der Waals surface area contributed by atoms with E-state index in [1.807, 2.05) is 11.8 Å². The second-order valence-corrected chi connectivity index (χ2v) is 10.6. The highest BCUT2D eigenvalue weighted by Gasteiger charge is 2.35. The van der Waals surface area contributed by atoms with E-state index >= 15 is 0 Å². The van der Waals surface area contributed by atoms with E-state index in [9.17, 15) is 0 Å². The third-order valence-corrected chi connectivity index (χ3v) is 9.13. The lowest BCUT2D eigenvalue weighted by atomic mass is 9.67. The van der Waals surface area contributed by atoms with Crippen molar-refractivity contribution in [3.8, 4) is 0 Å². The molecule has 0 radical (unpaired) electrons. The molecular weight excluding hydrogens is 392 g/mol. The molecule has 1 aliphatic heterocycles. The number of hydrogen-bond acceptors (Lipinski definition) is 1. The third-order valence-electron chi connectivity index (χ3n) is 7.88. The predicted octanol–water partition coefficient (Wildman–Crippen LogP) is 8.13. The zero-order valence-corrected chi connectivity index (χ0v) is 18.5. The van der Waals surface area contributed by atoms with Gasteiger partial charge < -0.3 is 0 Å². The maximum Gasteiger partial charge on any atom is 0.0204 e. The van der Waals surface area contributed by atoms with E-state index in [0.717, 1.165) is 6.42 Å². The monoisotopic (exact) mass is 418 g/mol. The van der Waals surface area contributed by atoms with Crippen LogP contribution in [0.3, 0.4) is 0 Å². The van der Waals surface area contributed by atoms with Crippen LogP contribution in [0.2, 0.25) is 0 Å². The van der Waals surface area contributed by atoms with Crippen molar-refractivity contribution in [3.05, 3.63) is 123 Å². The van der Waals surface area contributed by atoms with Gasteiger partial charge in [0.2, 0.25) is 0 Å². The minimum atomic E-state index is 0.509. The van der Waals surface area contributed by atoms with Gasteiger partial charge in [0.05, 0.1) is 0 Å². The van der Waals surface area contributed by atoms with Crippen LogP contribution in [0.1, 0.15) is 43.6 Å². The van der Waals surface area contributed by atoms with Crippen molar-refractivity contribution in [3.63, 3.8) is 0 Å². The Labute approximate surface area is 189 Å². The predicted molar refractivity (Wildman–Crippen MR) is 131 cm³/mol. The highest BCUT2D eigenvalue weighted by molar-refractivity contribution is 8.03. The van der Waals surface area contributed by atoms with Gasteiger partial charge in [-0.1, -0.05) is 84.6 Å². The smallest absolute Gasteiger partial charge is 0.0204 e. The van der Waals surface area contributed by atoms with Gasteiger partial charge in [0, 0.05) is 22.6 Å². The van der Waals surface area contributed by atoms with Crippen LogP contribution in [0.5, 0.6) is 0 Å². The molecule has 31 heavy (non-hydrogen) atoms. The van der Waals surface area contributed by atoms with Gasteiger partial charge in [-0.25, -0.2) is 0 Å². The highest BCUT2D eigenvalue weighted by Crippen LogP contribution is 2.54. The number of allylic oxidation sites excluding steroid dienone is 16. The Balaban J connectivity index is 1.22. The van der Waals surface area contributed by atoms with Crippen LogP contribution in [0, 0.1) is 11.8 Å². The summed E-state index contributed by atoms with van der Waals surface area (Å²) in [4.78, 5) is 2.98. The molecule has 1 heterocycles. The molecule has 7 rings (SSSR count). The summed E-state index contributed by atoms with van der Waals surface area (Å²) in [6.07, 6.45) is 27.9. The third kappa shape index (κ3) is 2.83. The first-order valence-electron chi connectivity index (χ1n) is 11.7. The molecule has 3 unspecified atom stereocenters. The Morgan fingerprint density at radius 2 is 1.61 bits per heavy atom. The Hall–Kier alpha value is -2.51. The van der Waals surface area contributed by atoms with Crippen molar-refractivity contribution in [2.75, 3.05) is 0 Å². The van der Waals surface area contributed by atoms with Crippen molar-refractivity contribution in [1.82, 2.24) is 0 Å². The van der Waals surface area contributed by atoms with E-state index < -0.39 is 0 Å². The minimum absolute atomic E-state index is 0.509. The lowest BCUT2D eigenvalue weighted by Gasteiger charge is -2.37. The molecule has 1 aromatic carbocycles. The molecule has 0 saturated carbocycles.